The smallest absolute Gasteiger partial charge is 0.243 e. The van der Waals surface area contributed by atoms with Crippen LogP contribution in [0.4, 0.5) is 0 Å². The molecule has 0 radical (unpaired) electrons. The molecule has 1 aromatic carbocycles. The number of carbonyl (C=O) groups is 2. The Labute approximate surface area is 190 Å². The minimum atomic E-state index is -0.595. The van der Waals surface area contributed by atoms with E-state index >= 15 is 0 Å². The number of hydrogen-bond acceptors (Lipinski definition) is 3. The molecule has 1 aromatic rings. The van der Waals surface area contributed by atoms with E-state index < -0.39 is 6.04 Å². The lowest BCUT2D eigenvalue weighted by atomic mass is 9.54. The fourth-order valence-electron chi connectivity index (χ4n) is 7.81. The van der Waals surface area contributed by atoms with Gasteiger partial charge in [-0.3, -0.25) is 9.59 Å². The third-order valence-electron chi connectivity index (χ3n) is 9.06. The van der Waals surface area contributed by atoms with Crippen molar-refractivity contribution in [3.05, 3.63) is 41.5 Å². The van der Waals surface area contributed by atoms with Gasteiger partial charge in [0.2, 0.25) is 11.8 Å². The SMILES string of the molecule is N[C@@H](CC1=CCc2ccccc21)C(=O)N1CCC[C@@H]1C(=O)NC1C2CC3CC(C2)CC1C3. The molecule has 1 saturated heterocycles. The molecule has 6 aliphatic rings. The summed E-state index contributed by atoms with van der Waals surface area (Å²) in [6.45, 7) is 0.641. The number of nitrogens with two attached hydrogens (primary N) is 1. The Morgan fingerprint density at radius 3 is 2.53 bits per heavy atom. The number of rotatable bonds is 5. The van der Waals surface area contributed by atoms with Crippen LogP contribution in [0.1, 0.15) is 62.5 Å². The van der Waals surface area contributed by atoms with E-state index in [-0.39, 0.29) is 17.9 Å². The maximum Gasteiger partial charge on any atom is 0.243 e. The highest BCUT2D eigenvalue weighted by atomic mass is 16.2. The highest BCUT2D eigenvalue weighted by Gasteiger charge is 2.49. The molecule has 2 amide bonds. The molecule has 7 rings (SSSR count). The highest BCUT2D eigenvalue weighted by molar-refractivity contribution is 5.91. The van der Waals surface area contributed by atoms with Gasteiger partial charge in [-0.25, -0.2) is 0 Å². The molecule has 0 spiro atoms. The van der Waals surface area contributed by atoms with E-state index in [0.717, 1.165) is 36.7 Å². The number of nitrogens with one attached hydrogen (secondary N) is 1. The van der Waals surface area contributed by atoms with Gasteiger partial charge in [0.1, 0.15) is 6.04 Å². The van der Waals surface area contributed by atoms with Gasteiger partial charge in [0.15, 0.2) is 0 Å². The van der Waals surface area contributed by atoms with Gasteiger partial charge in [0.25, 0.3) is 0 Å². The topological polar surface area (TPSA) is 75.4 Å². The number of likely N-dealkylation sites (tertiary alicyclic amines) is 1. The van der Waals surface area contributed by atoms with Crippen LogP contribution in [-0.4, -0.2) is 41.4 Å². The van der Waals surface area contributed by atoms with Crippen LogP contribution in [0.2, 0.25) is 0 Å². The molecular formula is C27H35N3O2. The number of benzene rings is 1. The number of nitrogens with zero attached hydrogens (tertiary/aromatic N) is 1. The Hall–Kier alpha value is -2.14. The summed E-state index contributed by atoms with van der Waals surface area (Å²) in [4.78, 5) is 28.4. The summed E-state index contributed by atoms with van der Waals surface area (Å²) in [6, 6.07) is 7.72. The number of hydrogen-bond donors (Lipinski definition) is 2. The average molecular weight is 434 g/mol. The fourth-order valence-corrected chi connectivity index (χ4v) is 7.81. The molecule has 4 saturated carbocycles. The van der Waals surface area contributed by atoms with Crippen LogP contribution in [0.25, 0.3) is 5.57 Å². The zero-order chi connectivity index (χ0) is 21.8. The first-order chi connectivity index (χ1) is 15.6. The van der Waals surface area contributed by atoms with Gasteiger partial charge < -0.3 is 16.0 Å². The molecule has 5 nitrogen and oxygen atoms in total. The predicted molar refractivity (Wildman–Crippen MR) is 124 cm³/mol. The Morgan fingerprint density at radius 2 is 1.78 bits per heavy atom. The molecule has 3 N–H and O–H groups in total. The summed E-state index contributed by atoms with van der Waals surface area (Å²) in [7, 11) is 0. The second kappa shape index (κ2) is 8.02. The van der Waals surface area contributed by atoms with Gasteiger partial charge >= 0.3 is 0 Å². The summed E-state index contributed by atoms with van der Waals surface area (Å²) < 4.78 is 0. The molecule has 4 bridgehead atoms. The normalized spacial score (nSPS) is 35.5. The van der Waals surface area contributed by atoms with E-state index in [2.05, 4.69) is 29.6 Å². The van der Waals surface area contributed by atoms with E-state index in [1.54, 1.807) is 4.90 Å². The van der Waals surface area contributed by atoms with Gasteiger partial charge in [-0.2, -0.15) is 0 Å². The van der Waals surface area contributed by atoms with Gasteiger partial charge in [0.05, 0.1) is 6.04 Å². The Morgan fingerprint density at radius 1 is 1.06 bits per heavy atom. The summed E-state index contributed by atoms with van der Waals surface area (Å²) in [5.74, 6) is 3.07. The Balaban J connectivity index is 1.10. The first kappa shape index (κ1) is 20.5. The largest absolute Gasteiger partial charge is 0.351 e. The number of amides is 2. The number of allylic oxidation sites excluding steroid dienone is 1. The van der Waals surface area contributed by atoms with Gasteiger partial charge in [0, 0.05) is 12.6 Å². The van der Waals surface area contributed by atoms with Crippen LogP contribution in [-0.2, 0) is 16.0 Å². The van der Waals surface area contributed by atoms with Crippen LogP contribution in [0, 0.1) is 23.7 Å². The zero-order valence-corrected chi connectivity index (χ0v) is 18.8. The maximum atomic E-state index is 13.3. The fraction of sp³-hybridized carbons (Fsp3) is 0.630. The third kappa shape index (κ3) is 3.49. The molecule has 0 unspecified atom stereocenters. The van der Waals surface area contributed by atoms with Crippen molar-refractivity contribution in [2.75, 3.05) is 6.54 Å². The molecule has 5 fully saturated rings. The van der Waals surface area contributed by atoms with Gasteiger partial charge in [-0.15, -0.1) is 0 Å². The van der Waals surface area contributed by atoms with E-state index in [1.807, 2.05) is 6.07 Å². The second-order valence-corrected chi connectivity index (χ2v) is 11.1. The van der Waals surface area contributed by atoms with Crippen molar-refractivity contribution < 1.29 is 9.59 Å². The van der Waals surface area contributed by atoms with Crippen molar-refractivity contribution in [2.45, 2.75) is 75.9 Å². The Bertz CT molecular complexity index is 926. The monoisotopic (exact) mass is 433 g/mol. The number of carbonyl (C=O) groups excluding carboxylic acids is 2. The minimum Gasteiger partial charge on any atom is -0.351 e. The van der Waals surface area contributed by atoms with Crippen molar-refractivity contribution in [3.63, 3.8) is 0 Å². The molecule has 1 heterocycles. The average Bonchev–Trinajstić information content (AvgIpc) is 3.43. The van der Waals surface area contributed by atoms with Crippen molar-refractivity contribution in [1.82, 2.24) is 10.2 Å². The first-order valence-corrected chi connectivity index (χ1v) is 12.7. The minimum absolute atomic E-state index is 0.0611. The standard InChI is InChI=1S/C27H35N3O2/c28-23(15-19-8-7-18-4-1-2-5-22(18)19)27(32)30-9-3-6-24(30)26(31)29-25-20-11-16-10-17(13-20)14-21(25)12-16/h1-2,4-5,8,16-17,20-21,23-25H,3,6-7,9-15,28H2,(H,29,31)/t16?,17?,20?,21?,23-,24+,25?/m0/s1. The van der Waals surface area contributed by atoms with Crippen molar-refractivity contribution in [2.24, 2.45) is 29.4 Å². The summed E-state index contributed by atoms with van der Waals surface area (Å²) in [5, 5.41) is 3.43. The zero-order valence-electron chi connectivity index (χ0n) is 18.8. The van der Waals surface area contributed by atoms with E-state index in [9.17, 15) is 9.59 Å². The van der Waals surface area contributed by atoms with Crippen molar-refractivity contribution >= 4 is 17.4 Å². The number of fused-ring (bicyclic) bond motifs is 1. The van der Waals surface area contributed by atoms with Gasteiger partial charge in [-0.05, 0) is 98.2 Å². The first-order valence-electron chi connectivity index (χ1n) is 12.7. The lowest BCUT2D eigenvalue weighted by Gasteiger charge is -2.54. The van der Waals surface area contributed by atoms with Crippen LogP contribution in [0.5, 0.6) is 0 Å². The summed E-state index contributed by atoms with van der Waals surface area (Å²) >= 11 is 0. The summed E-state index contributed by atoms with van der Waals surface area (Å²) in [5.41, 5.74) is 10.1. The third-order valence-corrected chi connectivity index (χ3v) is 9.06. The molecule has 1 aliphatic heterocycles. The van der Waals surface area contributed by atoms with Crippen LogP contribution < -0.4 is 11.1 Å². The second-order valence-electron chi connectivity index (χ2n) is 11.1. The van der Waals surface area contributed by atoms with Crippen LogP contribution in [0.3, 0.4) is 0 Å². The lowest BCUT2D eigenvalue weighted by molar-refractivity contribution is -0.140. The highest BCUT2D eigenvalue weighted by Crippen LogP contribution is 2.53. The molecule has 170 valence electrons. The molecule has 0 aromatic heterocycles. The quantitative estimate of drug-likeness (QED) is 0.748. The molecule has 5 heteroatoms. The van der Waals surface area contributed by atoms with Crippen molar-refractivity contribution in [3.8, 4) is 0 Å². The molecule has 5 aliphatic carbocycles. The van der Waals surface area contributed by atoms with E-state index in [0.29, 0.717) is 30.8 Å². The van der Waals surface area contributed by atoms with Crippen molar-refractivity contribution in [1.29, 1.82) is 0 Å². The molecule has 2 atom stereocenters. The molecular weight excluding hydrogens is 398 g/mol. The predicted octanol–water partition coefficient (Wildman–Crippen LogP) is 3.28. The van der Waals surface area contributed by atoms with Crippen LogP contribution in [0.15, 0.2) is 30.3 Å². The molecule has 32 heavy (non-hydrogen) atoms. The van der Waals surface area contributed by atoms with E-state index in [4.69, 9.17) is 5.73 Å². The van der Waals surface area contributed by atoms with E-state index in [1.165, 1.54) is 43.2 Å². The summed E-state index contributed by atoms with van der Waals surface area (Å²) in [6.07, 6.45) is 11.8. The Kier molecular flexibility index (Phi) is 5.13. The maximum absolute atomic E-state index is 13.3. The van der Waals surface area contributed by atoms with Gasteiger partial charge in [-0.1, -0.05) is 30.3 Å². The van der Waals surface area contributed by atoms with Crippen LogP contribution >= 0.6 is 0 Å². The lowest BCUT2D eigenvalue weighted by Crippen LogP contribution is -2.59.